The van der Waals surface area contributed by atoms with Crippen LogP contribution >= 0.6 is 0 Å². The number of nitrogens with zero attached hydrogens (tertiary/aromatic N) is 2. The molecule has 6 rings (SSSR count). The molecule has 3 N–H and O–H groups in total. The minimum Gasteiger partial charge on any atom is -0.444 e. The van der Waals surface area contributed by atoms with Gasteiger partial charge in [-0.25, -0.2) is 13.2 Å². The van der Waals surface area contributed by atoms with E-state index in [1.54, 1.807) is 25.7 Å². The third-order valence-electron chi connectivity index (χ3n) is 10.8. The van der Waals surface area contributed by atoms with E-state index in [0.29, 0.717) is 38.8 Å². The molecule has 14 heteroatoms. The Balaban J connectivity index is 1.26. The van der Waals surface area contributed by atoms with Crippen molar-refractivity contribution in [3.63, 3.8) is 0 Å². The average Bonchev–Trinajstić information content (AvgIpc) is 3.96. The van der Waals surface area contributed by atoms with Crippen molar-refractivity contribution in [2.24, 2.45) is 11.8 Å². The number of amides is 5. The molecule has 0 bridgehead atoms. The second-order valence-electron chi connectivity index (χ2n) is 16.2. The summed E-state index contributed by atoms with van der Waals surface area (Å²) in [4.78, 5) is 72.3. The molecule has 0 unspecified atom stereocenters. The first-order valence-corrected chi connectivity index (χ1v) is 20.4. The first-order chi connectivity index (χ1) is 24.6. The van der Waals surface area contributed by atoms with Crippen molar-refractivity contribution in [1.29, 1.82) is 0 Å². The van der Waals surface area contributed by atoms with E-state index >= 15 is 0 Å². The number of carbonyl (C=O) groups excluding carboxylic acids is 5. The van der Waals surface area contributed by atoms with Crippen LogP contribution in [0.2, 0.25) is 0 Å². The van der Waals surface area contributed by atoms with E-state index in [9.17, 15) is 32.4 Å². The zero-order valence-corrected chi connectivity index (χ0v) is 31.3. The van der Waals surface area contributed by atoms with Crippen molar-refractivity contribution < 1.29 is 37.1 Å². The minimum absolute atomic E-state index is 0.0823. The Morgan fingerprint density at radius 3 is 2.33 bits per heavy atom. The molecule has 1 saturated heterocycles. The van der Waals surface area contributed by atoms with Gasteiger partial charge >= 0.3 is 6.09 Å². The molecule has 13 nitrogen and oxygen atoms in total. The van der Waals surface area contributed by atoms with E-state index in [-0.39, 0.29) is 37.6 Å². The fourth-order valence-electron chi connectivity index (χ4n) is 7.72. The molecule has 5 aliphatic rings. The van der Waals surface area contributed by atoms with Gasteiger partial charge in [-0.2, -0.15) is 0 Å². The highest BCUT2D eigenvalue weighted by atomic mass is 32.2. The molecule has 2 aliphatic carbocycles. The van der Waals surface area contributed by atoms with Crippen LogP contribution in [0.15, 0.2) is 36.4 Å². The lowest BCUT2D eigenvalue weighted by Crippen LogP contribution is -2.58. The van der Waals surface area contributed by atoms with E-state index in [1.807, 2.05) is 36.4 Å². The fraction of sp³-hybridized carbons (Fsp3) is 0.658. The Bertz CT molecular complexity index is 1680. The number of hydrogen-bond acceptors (Lipinski definition) is 8. The van der Waals surface area contributed by atoms with Gasteiger partial charge in [0.15, 0.2) is 0 Å². The maximum atomic E-state index is 14.4. The molecule has 3 fully saturated rings. The summed E-state index contributed by atoms with van der Waals surface area (Å²) in [7, 11) is -3.88. The summed E-state index contributed by atoms with van der Waals surface area (Å²) < 4.78 is 33.4. The molecule has 2 saturated carbocycles. The summed E-state index contributed by atoms with van der Waals surface area (Å²) in [5.41, 5.74) is -0.0984. The van der Waals surface area contributed by atoms with Crippen LogP contribution < -0.4 is 15.4 Å². The van der Waals surface area contributed by atoms with Crippen molar-refractivity contribution in [2.45, 2.75) is 139 Å². The zero-order valence-electron chi connectivity index (χ0n) is 30.5. The van der Waals surface area contributed by atoms with Crippen molar-refractivity contribution in [3.8, 4) is 0 Å². The Hall–Kier alpha value is -3.94. The number of hydrogen-bond donors (Lipinski definition) is 3. The summed E-state index contributed by atoms with van der Waals surface area (Å²) in [6, 6.07) is 5.87. The maximum Gasteiger partial charge on any atom is 0.408 e. The number of benzene rings is 1. The second-order valence-corrected chi connectivity index (χ2v) is 18.2. The molecule has 3 aliphatic heterocycles. The van der Waals surface area contributed by atoms with Crippen LogP contribution in [0.3, 0.4) is 0 Å². The lowest BCUT2D eigenvalue weighted by atomic mass is 10.00. The summed E-state index contributed by atoms with van der Waals surface area (Å²) >= 11 is 0. The van der Waals surface area contributed by atoms with Gasteiger partial charge in [0.05, 0.1) is 5.25 Å². The second kappa shape index (κ2) is 15.2. The Morgan fingerprint density at radius 1 is 0.981 bits per heavy atom. The van der Waals surface area contributed by atoms with Crippen LogP contribution in [0.5, 0.6) is 0 Å². The highest BCUT2D eigenvalue weighted by molar-refractivity contribution is 7.91. The molecule has 52 heavy (non-hydrogen) atoms. The first kappa shape index (κ1) is 37.8. The highest BCUT2D eigenvalue weighted by Gasteiger charge is 2.62. The highest BCUT2D eigenvalue weighted by Crippen LogP contribution is 2.46. The van der Waals surface area contributed by atoms with Gasteiger partial charge in [0.25, 0.3) is 5.91 Å². The Morgan fingerprint density at radius 2 is 1.65 bits per heavy atom. The van der Waals surface area contributed by atoms with Crippen LogP contribution in [-0.4, -0.2) is 83.0 Å². The number of carbonyl (C=O) groups is 5. The molecule has 284 valence electrons. The van der Waals surface area contributed by atoms with Crippen molar-refractivity contribution >= 4 is 39.7 Å². The predicted octanol–water partition coefficient (Wildman–Crippen LogP) is 3.81. The molecule has 0 aromatic heterocycles. The SMILES string of the molecule is CC(C)(C)OC(=O)N[C@H]1CCCCCCC/C=C\[C@@H]2C[C@@]2(C(=O)NS(=O)(=O)C2CC2)NC(=O)[C@@H]2C[C@@H](CC(=O)N3Cc4ccccc4C3)CN2C1=O. The Kier molecular flexibility index (Phi) is 11.0. The normalized spacial score (nSPS) is 29.1. The van der Waals surface area contributed by atoms with Gasteiger partial charge in [0, 0.05) is 32.0 Å². The smallest absolute Gasteiger partial charge is 0.408 e. The third kappa shape index (κ3) is 8.98. The molecule has 0 radical (unpaired) electrons. The van der Waals surface area contributed by atoms with Crippen LogP contribution in [0.25, 0.3) is 0 Å². The van der Waals surface area contributed by atoms with E-state index in [4.69, 9.17) is 4.74 Å². The van der Waals surface area contributed by atoms with Gasteiger partial charge in [-0.05, 0) is 82.8 Å². The fourth-order valence-corrected chi connectivity index (χ4v) is 9.09. The van der Waals surface area contributed by atoms with Gasteiger partial charge in [0.1, 0.15) is 23.2 Å². The van der Waals surface area contributed by atoms with Gasteiger partial charge in [-0.3, -0.25) is 23.9 Å². The number of alkyl carbamates (subject to hydrolysis) is 1. The van der Waals surface area contributed by atoms with Crippen LogP contribution in [0.1, 0.15) is 109 Å². The molecular weight excluding hydrogens is 687 g/mol. The molecular formula is C38H53N5O8S. The largest absolute Gasteiger partial charge is 0.444 e. The van der Waals surface area contributed by atoms with E-state index < -0.39 is 68.2 Å². The van der Waals surface area contributed by atoms with Crippen molar-refractivity contribution in [1.82, 2.24) is 25.2 Å². The van der Waals surface area contributed by atoms with E-state index in [2.05, 4.69) is 15.4 Å². The summed E-state index contributed by atoms with van der Waals surface area (Å²) in [5.74, 6) is -2.68. The summed E-state index contributed by atoms with van der Waals surface area (Å²) in [6.45, 7) is 6.30. The lowest BCUT2D eigenvalue weighted by molar-refractivity contribution is -0.141. The van der Waals surface area contributed by atoms with Crippen molar-refractivity contribution in [3.05, 3.63) is 47.5 Å². The first-order valence-electron chi connectivity index (χ1n) is 18.8. The van der Waals surface area contributed by atoms with Crippen LogP contribution in [-0.2, 0) is 47.0 Å². The lowest BCUT2D eigenvalue weighted by Gasteiger charge is -2.30. The molecule has 1 aromatic carbocycles. The van der Waals surface area contributed by atoms with Crippen LogP contribution in [0, 0.1) is 11.8 Å². The van der Waals surface area contributed by atoms with Crippen molar-refractivity contribution in [2.75, 3.05) is 6.54 Å². The number of allylic oxidation sites excluding steroid dienone is 1. The van der Waals surface area contributed by atoms with Gasteiger partial charge in [-0.15, -0.1) is 0 Å². The predicted molar refractivity (Wildman–Crippen MR) is 193 cm³/mol. The quantitative estimate of drug-likeness (QED) is 0.370. The minimum atomic E-state index is -3.88. The van der Waals surface area contributed by atoms with E-state index in [1.165, 1.54) is 4.90 Å². The number of rotatable bonds is 6. The zero-order chi connectivity index (χ0) is 37.3. The average molecular weight is 740 g/mol. The Labute approximate surface area is 306 Å². The molecule has 0 spiro atoms. The maximum absolute atomic E-state index is 14.4. The molecule has 1 aromatic rings. The monoisotopic (exact) mass is 739 g/mol. The summed E-state index contributed by atoms with van der Waals surface area (Å²) in [5, 5.41) is 5.04. The number of nitrogens with one attached hydrogen (secondary N) is 3. The standard InChI is InChI=1S/C38H53N5O8S/c1-37(2,3)51-36(48)39-30-16-10-8-6-4-5-7-9-15-28-21-38(28,35(47)41-52(49,50)29-17-18-29)40-33(45)31-19-25(22-43(31)34(30)46)20-32(44)42-23-26-13-11-12-14-27(26)24-42/h9,11-15,25,28-31H,4-8,10,16-24H2,1-3H3,(H,39,48)(H,40,45)(H,41,47)/b15-9-/t25-,28+,30-,31-,38+/m0/s1. The number of fused-ring (bicyclic) bond motifs is 3. The van der Waals surface area contributed by atoms with Gasteiger partial charge < -0.3 is 25.2 Å². The van der Waals surface area contributed by atoms with Gasteiger partial charge in [-0.1, -0.05) is 62.1 Å². The number of sulfonamides is 1. The molecule has 3 heterocycles. The van der Waals surface area contributed by atoms with Crippen LogP contribution in [0.4, 0.5) is 4.79 Å². The number of ether oxygens (including phenoxy) is 1. The third-order valence-corrected chi connectivity index (χ3v) is 12.6. The summed E-state index contributed by atoms with van der Waals surface area (Å²) in [6.07, 6.45) is 10.1. The van der Waals surface area contributed by atoms with Gasteiger partial charge in [0.2, 0.25) is 27.7 Å². The van der Waals surface area contributed by atoms with E-state index in [0.717, 1.165) is 43.2 Å². The molecule has 5 atom stereocenters. The topological polar surface area (TPSA) is 171 Å². The molecule has 5 amide bonds.